The molecule has 2 aromatic rings. The second-order valence-corrected chi connectivity index (χ2v) is 7.02. The van der Waals surface area contributed by atoms with Crippen LogP contribution in [-0.4, -0.2) is 44.0 Å². The van der Waals surface area contributed by atoms with Gasteiger partial charge >= 0.3 is 5.97 Å². The molecule has 1 atom stereocenters. The molecule has 11 heteroatoms. The lowest BCUT2D eigenvalue weighted by atomic mass is 10.3. The number of thiazole rings is 1. The van der Waals surface area contributed by atoms with Crippen LogP contribution in [-0.2, 0) is 20.7 Å². The quantitative estimate of drug-likeness (QED) is 0.521. The first-order valence-electron chi connectivity index (χ1n) is 7.70. The molecular weight excluding hydrogens is 364 g/mol. The van der Waals surface area contributed by atoms with Crippen LogP contribution in [0.2, 0.25) is 0 Å². The molecule has 0 radical (unpaired) electrons. The minimum atomic E-state index is -0.596. The fraction of sp³-hybridized carbons (Fsp3) is 0.500. The Morgan fingerprint density at radius 3 is 2.88 bits per heavy atom. The van der Waals surface area contributed by atoms with E-state index in [1.807, 2.05) is 6.92 Å². The molecule has 1 amide bonds. The lowest BCUT2D eigenvalue weighted by molar-refractivity contribution is -0.142. The van der Waals surface area contributed by atoms with E-state index in [0.717, 1.165) is 5.75 Å². The van der Waals surface area contributed by atoms with E-state index in [1.54, 1.807) is 23.8 Å². The lowest BCUT2D eigenvalue weighted by Crippen LogP contribution is -2.25. The largest absolute Gasteiger partial charge is 0.466 e. The summed E-state index contributed by atoms with van der Waals surface area (Å²) in [7, 11) is 0. The molecule has 2 heterocycles. The van der Waals surface area contributed by atoms with Crippen LogP contribution in [0.1, 0.15) is 32.5 Å². The summed E-state index contributed by atoms with van der Waals surface area (Å²) in [6.07, 6.45) is 0.0748. The normalized spacial score (nSPS) is 12.0. The van der Waals surface area contributed by atoms with Gasteiger partial charge in [0, 0.05) is 5.38 Å². The Kier molecular flexibility index (Phi) is 6.76. The molecule has 0 saturated heterocycles. The number of esters is 1. The highest BCUT2D eigenvalue weighted by molar-refractivity contribution is 7.99. The van der Waals surface area contributed by atoms with Crippen LogP contribution in [0.15, 0.2) is 10.5 Å². The molecule has 0 saturated carbocycles. The number of thioether (sulfide) groups is 1. The Labute approximate surface area is 153 Å². The summed E-state index contributed by atoms with van der Waals surface area (Å²) in [5.74, 6) is 0.329. The van der Waals surface area contributed by atoms with E-state index in [-0.39, 0.29) is 24.2 Å². The van der Waals surface area contributed by atoms with Crippen molar-refractivity contribution in [3.05, 3.63) is 11.1 Å². The number of nitrogens with zero attached hydrogens (tertiary/aromatic N) is 4. The number of hydrogen-bond donors (Lipinski definition) is 2. The monoisotopic (exact) mass is 384 g/mol. The molecule has 0 bridgehead atoms. The lowest BCUT2D eigenvalue weighted by Gasteiger charge is -2.15. The van der Waals surface area contributed by atoms with Crippen molar-refractivity contribution < 1.29 is 14.3 Å². The van der Waals surface area contributed by atoms with Gasteiger partial charge in [0.15, 0.2) is 10.3 Å². The summed E-state index contributed by atoms with van der Waals surface area (Å²) < 4.78 is 6.46. The molecule has 0 aliphatic heterocycles. The molecule has 0 aliphatic carbocycles. The van der Waals surface area contributed by atoms with Crippen molar-refractivity contribution in [1.29, 1.82) is 0 Å². The first-order chi connectivity index (χ1) is 12.0. The SMILES string of the molecule is CCOC(=O)Cc1csc(NC(=O)C(C)n2c(N)nnc2SCC)n1. The van der Waals surface area contributed by atoms with Gasteiger partial charge in [0.05, 0.1) is 18.7 Å². The predicted octanol–water partition coefficient (Wildman–Crippen LogP) is 1.73. The maximum atomic E-state index is 12.5. The maximum absolute atomic E-state index is 12.5. The maximum Gasteiger partial charge on any atom is 0.311 e. The zero-order valence-corrected chi connectivity index (χ0v) is 15.8. The molecule has 0 aromatic carbocycles. The number of amides is 1. The third-order valence-corrected chi connectivity index (χ3v) is 4.78. The van der Waals surface area contributed by atoms with Crippen molar-refractivity contribution in [3.8, 4) is 0 Å². The Hall–Kier alpha value is -2.14. The topological polar surface area (TPSA) is 125 Å². The minimum absolute atomic E-state index is 0.0748. The second kappa shape index (κ2) is 8.81. The van der Waals surface area contributed by atoms with Gasteiger partial charge in [-0.3, -0.25) is 14.2 Å². The average Bonchev–Trinajstić information content (AvgIpc) is 3.14. The van der Waals surface area contributed by atoms with E-state index in [4.69, 9.17) is 10.5 Å². The number of aromatic nitrogens is 4. The van der Waals surface area contributed by atoms with E-state index in [9.17, 15) is 9.59 Å². The van der Waals surface area contributed by atoms with E-state index in [0.29, 0.717) is 22.6 Å². The van der Waals surface area contributed by atoms with Gasteiger partial charge in [-0.05, 0) is 19.6 Å². The van der Waals surface area contributed by atoms with E-state index in [1.165, 1.54) is 23.1 Å². The number of carbonyl (C=O) groups is 2. The number of ether oxygens (including phenoxy) is 1. The van der Waals surface area contributed by atoms with Crippen LogP contribution in [0, 0.1) is 0 Å². The standard InChI is InChI=1S/C14H20N6O3S2/c1-4-23-10(21)6-9-7-25-13(16-9)17-11(22)8(3)20-12(15)18-19-14(20)24-5-2/h7-8H,4-6H2,1-3H3,(H2,15,18)(H,16,17,22). The van der Waals surface area contributed by atoms with Gasteiger partial charge in [-0.15, -0.1) is 21.5 Å². The molecule has 1 unspecified atom stereocenters. The van der Waals surface area contributed by atoms with Crippen LogP contribution < -0.4 is 11.1 Å². The van der Waals surface area contributed by atoms with Gasteiger partial charge in [-0.1, -0.05) is 18.7 Å². The Balaban J connectivity index is 2.03. The highest BCUT2D eigenvalue weighted by Gasteiger charge is 2.23. The van der Waals surface area contributed by atoms with Gasteiger partial charge in [0.1, 0.15) is 6.04 Å². The molecule has 25 heavy (non-hydrogen) atoms. The van der Waals surface area contributed by atoms with Gasteiger partial charge in [0.25, 0.3) is 0 Å². The number of nitrogens with two attached hydrogens (primary N) is 1. The second-order valence-electron chi connectivity index (χ2n) is 4.93. The van der Waals surface area contributed by atoms with Crippen LogP contribution in [0.5, 0.6) is 0 Å². The van der Waals surface area contributed by atoms with Gasteiger partial charge < -0.3 is 15.8 Å². The predicted molar refractivity (Wildman–Crippen MR) is 96.6 cm³/mol. The first-order valence-corrected chi connectivity index (χ1v) is 9.56. The minimum Gasteiger partial charge on any atom is -0.466 e. The van der Waals surface area contributed by atoms with Crippen LogP contribution in [0.3, 0.4) is 0 Å². The van der Waals surface area contributed by atoms with Gasteiger partial charge in [-0.2, -0.15) is 0 Å². The van der Waals surface area contributed by atoms with Crippen molar-refractivity contribution in [1.82, 2.24) is 19.7 Å². The molecule has 0 fully saturated rings. The number of nitrogen functional groups attached to an aromatic ring is 1. The fourth-order valence-corrected chi connectivity index (χ4v) is 3.47. The molecule has 3 N–H and O–H groups in total. The summed E-state index contributed by atoms with van der Waals surface area (Å²) in [6.45, 7) is 5.75. The molecule has 2 aromatic heterocycles. The Morgan fingerprint density at radius 1 is 1.44 bits per heavy atom. The third kappa shape index (κ3) is 4.92. The zero-order valence-electron chi connectivity index (χ0n) is 14.2. The van der Waals surface area contributed by atoms with Crippen molar-refractivity contribution in [2.75, 3.05) is 23.4 Å². The fourth-order valence-electron chi connectivity index (χ4n) is 2.01. The number of rotatable bonds is 8. The van der Waals surface area contributed by atoms with Crippen LogP contribution in [0.25, 0.3) is 0 Å². The third-order valence-electron chi connectivity index (χ3n) is 3.14. The number of nitrogens with one attached hydrogen (secondary N) is 1. The number of hydrogen-bond acceptors (Lipinski definition) is 9. The summed E-state index contributed by atoms with van der Waals surface area (Å²) in [6, 6.07) is -0.596. The van der Waals surface area contributed by atoms with Gasteiger partial charge in [0.2, 0.25) is 11.9 Å². The molecule has 136 valence electrons. The molecule has 0 spiro atoms. The van der Waals surface area contributed by atoms with Crippen LogP contribution >= 0.6 is 23.1 Å². The van der Waals surface area contributed by atoms with Gasteiger partial charge in [-0.25, -0.2) is 4.98 Å². The van der Waals surface area contributed by atoms with Crippen LogP contribution in [0.4, 0.5) is 11.1 Å². The summed E-state index contributed by atoms with van der Waals surface area (Å²) in [5.41, 5.74) is 6.38. The van der Waals surface area contributed by atoms with Crippen molar-refractivity contribution in [2.24, 2.45) is 0 Å². The van der Waals surface area contributed by atoms with Crippen molar-refractivity contribution in [3.63, 3.8) is 0 Å². The average molecular weight is 384 g/mol. The summed E-state index contributed by atoms with van der Waals surface area (Å²) in [4.78, 5) is 28.2. The molecule has 9 nitrogen and oxygen atoms in total. The molecular formula is C14H20N6O3S2. The highest BCUT2D eigenvalue weighted by atomic mass is 32.2. The summed E-state index contributed by atoms with van der Waals surface area (Å²) in [5, 5.41) is 13.2. The van der Waals surface area contributed by atoms with E-state index < -0.39 is 6.04 Å². The zero-order chi connectivity index (χ0) is 18.4. The Morgan fingerprint density at radius 2 is 2.20 bits per heavy atom. The van der Waals surface area contributed by atoms with E-state index in [2.05, 4.69) is 20.5 Å². The number of anilines is 2. The smallest absolute Gasteiger partial charge is 0.311 e. The molecule has 2 rings (SSSR count). The first kappa shape index (κ1) is 19.2. The summed E-state index contributed by atoms with van der Waals surface area (Å²) >= 11 is 2.70. The number of carbonyl (C=O) groups excluding carboxylic acids is 2. The van der Waals surface area contributed by atoms with Crippen molar-refractivity contribution in [2.45, 2.75) is 38.4 Å². The van der Waals surface area contributed by atoms with Crippen molar-refractivity contribution >= 4 is 46.1 Å². The van der Waals surface area contributed by atoms with E-state index >= 15 is 0 Å². The molecule has 0 aliphatic rings. The Bertz CT molecular complexity index is 745. The highest BCUT2D eigenvalue weighted by Crippen LogP contribution is 2.24.